The molecule has 0 spiro atoms. The van der Waals surface area contributed by atoms with Gasteiger partial charge in [0.25, 0.3) is 5.91 Å². The molecule has 2 heterocycles. The SMILES string of the molecule is O=C(C1CCCO1)N1CCN(C(=O)O)C(CCCCl)C1. The zero-order chi connectivity index (χ0) is 14.5. The summed E-state index contributed by atoms with van der Waals surface area (Å²) in [6, 6.07) is -0.162. The molecule has 1 N–H and O–H groups in total. The van der Waals surface area contributed by atoms with E-state index in [0.717, 1.165) is 19.3 Å². The predicted molar refractivity (Wildman–Crippen MR) is 74.0 cm³/mol. The van der Waals surface area contributed by atoms with Crippen LogP contribution in [-0.2, 0) is 9.53 Å². The van der Waals surface area contributed by atoms with Gasteiger partial charge in [-0.2, -0.15) is 0 Å². The number of piperazine rings is 1. The smallest absolute Gasteiger partial charge is 0.407 e. The van der Waals surface area contributed by atoms with Crippen molar-refractivity contribution in [2.45, 2.75) is 37.8 Å². The van der Waals surface area contributed by atoms with Crippen molar-refractivity contribution < 1.29 is 19.4 Å². The van der Waals surface area contributed by atoms with Gasteiger partial charge in [0, 0.05) is 32.1 Å². The highest BCUT2D eigenvalue weighted by Crippen LogP contribution is 2.20. The second kappa shape index (κ2) is 7.13. The minimum Gasteiger partial charge on any atom is -0.465 e. The minimum absolute atomic E-state index is 0.00316. The van der Waals surface area contributed by atoms with Crippen molar-refractivity contribution in [1.82, 2.24) is 9.80 Å². The molecule has 7 heteroatoms. The van der Waals surface area contributed by atoms with Crippen LogP contribution >= 0.6 is 11.6 Å². The Morgan fingerprint density at radius 2 is 2.15 bits per heavy atom. The summed E-state index contributed by atoms with van der Waals surface area (Å²) < 4.78 is 5.42. The highest BCUT2D eigenvalue weighted by atomic mass is 35.5. The van der Waals surface area contributed by atoms with Crippen molar-refractivity contribution in [1.29, 1.82) is 0 Å². The Hall–Kier alpha value is -1.01. The van der Waals surface area contributed by atoms with E-state index in [1.54, 1.807) is 4.90 Å². The maximum Gasteiger partial charge on any atom is 0.407 e. The van der Waals surface area contributed by atoms with E-state index in [0.29, 0.717) is 38.5 Å². The Kier molecular flexibility index (Phi) is 5.48. The molecule has 0 aromatic heterocycles. The molecule has 0 aliphatic carbocycles. The van der Waals surface area contributed by atoms with Crippen LogP contribution in [0.5, 0.6) is 0 Å². The molecule has 0 aromatic rings. The second-order valence-corrected chi connectivity index (χ2v) is 5.62. The van der Waals surface area contributed by atoms with Crippen LogP contribution in [0.2, 0.25) is 0 Å². The number of alkyl halides is 1. The largest absolute Gasteiger partial charge is 0.465 e. The molecular formula is C13H21ClN2O4. The number of carboxylic acid groups (broad SMARTS) is 1. The zero-order valence-corrected chi connectivity index (χ0v) is 12.2. The first-order valence-corrected chi connectivity index (χ1v) is 7.63. The summed E-state index contributed by atoms with van der Waals surface area (Å²) in [5.41, 5.74) is 0. The average molecular weight is 305 g/mol. The Morgan fingerprint density at radius 1 is 1.35 bits per heavy atom. The number of amides is 2. The van der Waals surface area contributed by atoms with E-state index < -0.39 is 6.09 Å². The van der Waals surface area contributed by atoms with E-state index in [9.17, 15) is 14.7 Å². The summed E-state index contributed by atoms with van der Waals surface area (Å²) in [7, 11) is 0. The summed E-state index contributed by atoms with van der Waals surface area (Å²) in [5, 5.41) is 9.21. The lowest BCUT2D eigenvalue weighted by Gasteiger charge is -2.40. The average Bonchev–Trinajstić information content (AvgIpc) is 2.97. The predicted octanol–water partition coefficient (Wildman–Crippen LogP) is 1.38. The quantitative estimate of drug-likeness (QED) is 0.797. The van der Waals surface area contributed by atoms with Gasteiger partial charge >= 0.3 is 6.09 Å². The van der Waals surface area contributed by atoms with Crippen LogP contribution in [0, 0.1) is 0 Å². The molecule has 0 aromatic carbocycles. The van der Waals surface area contributed by atoms with Gasteiger partial charge in [0.15, 0.2) is 0 Å². The van der Waals surface area contributed by atoms with Gasteiger partial charge in [-0.15, -0.1) is 11.6 Å². The molecule has 2 aliphatic rings. The van der Waals surface area contributed by atoms with E-state index in [4.69, 9.17) is 16.3 Å². The van der Waals surface area contributed by atoms with E-state index in [1.165, 1.54) is 4.90 Å². The molecule has 114 valence electrons. The van der Waals surface area contributed by atoms with Crippen LogP contribution in [0.4, 0.5) is 4.79 Å². The molecule has 0 radical (unpaired) electrons. The molecule has 20 heavy (non-hydrogen) atoms. The fourth-order valence-electron chi connectivity index (χ4n) is 2.84. The van der Waals surface area contributed by atoms with Crippen molar-refractivity contribution in [2.75, 3.05) is 32.1 Å². The highest BCUT2D eigenvalue weighted by Gasteiger charge is 2.35. The van der Waals surface area contributed by atoms with Crippen molar-refractivity contribution in [3.8, 4) is 0 Å². The third-order valence-electron chi connectivity index (χ3n) is 3.92. The lowest BCUT2D eigenvalue weighted by atomic mass is 10.1. The number of carbonyl (C=O) groups excluding carboxylic acids is 1. The number of carbonyl (C=O) groups is 2. The van der Waals surface area contributed by atoms with Crippen molar-refractivity contribution in [2.24, 2.45) is 0 Å². The monoisotopic (exact) mass is 304 g/mol. The molecule has 2 atom stereocenters. The van der Waals surface area contributed by atoms with Gasteiger partial charge in [-0.05, 0) is 25.7 Å². The number of hydrogen-bond donors (Lipinski definition) is 1. The normalized spacial score (nSPS) is 26.9. The number of halogens is 1. The van der Waals surface area contributed by atoms with Gasteiger partial charge in [0.2, 0.25) is 0 Å². The van der Waals surface area contributed by atoms with E-state index in [1.807, 2.05) is 0 Å². The molecule has 6 nitrogen and oxygen atoms in total. The van der Waals surface area contributed by atoms with Gasteiger partial charge in [-0.1, -0.05) is 0 Å². The van der Waals surface area contributed by atoms with Crippen molar-refractivity contribution in [3.63, 3.8) is 0 Å². The molecule has 0 saturated carbocycles. The maximum absolute atomic E-state index is 12.3. The number of hydrogen-bond acceptors (Lipinski definition) is 3. The Morgan fingerprint density at radius 3 is 2.75 bits per heavy atom. The molecule has 2 unspecified atom stereocenters. The second-order valence-electron chi connectivity index (χ2n) is 5.25. The van der Waals surface area contributed by atoms with Crippen molar-refractivity contribution in [3.05, 3.63) is 0 Å². The van der Waals surface area contributed by atoms with Crippen LogP contribution in [0.1, 0.15) is 25.7 Å². The molecule has 2 amide bonds. The third kappa shape index (κ3) is 3.55. The van der Waals surface area contributed by atoms with Crippen molar-refractivity contribution >= 4 is 23.6 Å². The Balaban J connectivity index is 1.96. The molecule has 2 saturated heterocycles. The summed E-state index contributed by atoms with van der Waals surface area (Å²) in [4.78, 5) is 26.7. The van der Waals surface area contributed by atoms with Crippen LogP contribution in [0.25, 0.3) is 0 Å². The summed E-state index contributed by atoms with van der Waals surface area (Å²) in [5.74, 6) is 0.507. The third-order valence-corrected chi connectivity index (χ3v) is 4.18. The topological polar surface area (TPSA) is 70.1 Å². The fraction of sp³-hybridized carbons (Fsp3) is 0.846. The number of ether oxygens (including phenoxy) is 1. The van der Waals surface area contributed by atoms with Gasteiger partial charge in [-0.3, -0.25) is 4.79 Å². The Labute approximate surface area is 123 Å². The molecule has 0 bridgehead atoms. The van der Waals surface area contributed by atoms with Gasteiger partial charge < -0.3 is 19.6 Å². The molecule has 2 rings (SSSR count). The first kappa shape index (κ1) is 15.4. The standard InChI is InChI=1S/C13H21ClN2O4/c14-5-1-3-10-9-15(6-7-16(10)13(18)19)12(17)11-4-2-8-20-11/h10-11H,1-9H2,(H,18,19). The Bertz CT molecular complexity index is 360. The maximum atomic E-state index is 12.3. The van der Waals surface area contributed by atoms with Crippen LogP contribution in [0.15, 0.2) is 0 Å². The van der Waals surface area contributed by atoms with Gasteiger partial charge in [-0.25, -0.2) is 4.79 Å². The summed E-state index contributed by atoms with van der Waals surface area (Å²) >= 11 is 5.68. The summed E-state index contributed by atoms with van der Waals surface area (Å²) in [6.45, 7) is 1.90. The van der Waals surface area contributed by atoms with Crippen LogP contribution in [-0.4, -0.2) is 71.2 Å². The molecule has 2 fully saturated rings. The van der Waals surface area contributed by atoms with Crippen LogP contribution in [0.3, 0.4) is 0 Å². The minimum atomic E-state index is -0.922. The lowest BCUT2D eigenvalue weighted by Crippen LogP contribution is -2.57. The van der Waals surface area contributed by atoms with E-state index in [-0.39, 0.29) is 18.1 Å². The van der Waals surface area contributed by atoms with Gasteiger partial charge in [0.1, 0.15) is 6.10 Å². The number of rotatable bonds is 4. The fourth-order valence-corrected chi connectivity index (χ4v) is 3.00. The first-order valence-electron chi connectivity index (χ1n) is 7.09. The number of nitrogens with zero attached hydrogens (tertiary/aromatic N) is 2. The van der Waals surface area contributed by atoms with E-state index >= 15 is 0 Å². The first-order chi connectivity index (χ1) is 9.63. The highest BCUT2D eigenvalue weighted by molar-refractivity contribution is 6.17. The van der Waals surface area contributed by atoms with Crippen LogP contribution < -0.4 is 0 Å². The molecule has 2 aliphatic heterocycles. The zero-order valence-electron chi connectivity index (χ0n) is 11.5. The lowest BCUT2D eigenvalue weighted by molar-refractivity contribution is -0.143. The summed E-state index contributed by atoms with van der Waals surface area (Å²) in [6.07, 6.45) is 1.86. The van der Waals surface area contributed by atoms with Gasteiger partial charge in [0.05, 0.1) is 6.04 Å². The van der Waals surface area contributed by atoms with E-state index in [2.05, 4.69) is 0 Å². The molecular weight excluding hydrogens is 284 g/mol.